The van der Waals surface area contributed by atoms with Gasteiger partial charge in [0.05, 0.1) is 5.41 Å². The minimum Gasteiger partial charge on any atom is -0.325 e. The van der Waals surface area contributed by atoms with Crippen molar-refractivity contribution in [1.82, 2.24) is 0 Å². The van der Waals surface area contributed by atoms with Gasteiger partial charge in [-0.3, -0.25) is 9.59 Å². The largest absolute Gasteiger partial charge is 0.325 e. The lowest BCUT2D eigenvalue weighted by Crippen LogP contribution is -2.43. The van der Waals surface area contributed by atoms with Crippen molar-refractivity contribution in [3.8, 4) is 0 Å². The number of amides is 1. The molecular weight excluding hydrogens is 274 g/mol. The van der Waals surface area contributed by atoms with E-state index in [1.165, 1.54) is 0 Å². The Bertz CT molecular complexity index is 681. The highest BCUT2D eigenvalue weighted by atomic mass is 16.2. The quantitative estimate of drug-likeness (QED) is 0.940. The Morgan fingerprint density at radius 1 is 1.05 bits per heavy atom. The first-order chi connectivity index (χ1) is 10.6. The van der Waals surface area contributed by atoms with Gasteiger partial charge in [-0.1, -0.05) is 55.5 Å². The lowest BCUT2D eigenvalue weighted by atomic mass is 9.72. The molecule has 3 heteroatoms. The zero-order chi connectivity index (χ0) is 15.6. The second-order valence-corrected chi connectivity index (χ2v) is 5.85. The number of hydrogen-bond acceptors (Lipinski definition) is 2. The lowest BCUT2D eigenvalue weighted by Gasteiger charge is -2.32. The van der Waals surface area contributed by atoms with Crippen LogP contribution in [0.4, 0.5) is 5.69 Å². The summed E-state index contributed by atoms with van der Waals surface area (Å²) in [6, 6.07) is 19.0. The van der Waals surface area contributed by atoms with Crippen LogP contribution >= 0.6 is 0 Å². The Hall–Kier alpha value is -2.42. The number of para-hydroxylation sites is 1. The predicted molar refractivity (Wildman–Crippen MR) is 86.6 cm³/mol. The summed E-state index contributed by atoms with van der Waals surface area (Å²) < 4.78 is 0. The number of ketones is 1. The lowest BCUT2D eigenvalue weighted by molar-refractivity contribution is -0.127. The molecule has 0 unspecified atom stereocenters. The molecule has 3 nitrogen and oxygen atoms in total. The van der Waals surface area contributed by atoms with E-state index in [9.17, 15) is 9.59 Å². The Balaban J connectivity index is 2.00. The van der Waals surface area contributed by atoms with E-state index < -0.39 is 5.41 Å². The van der Waals surface area contributed by atoms with Crippen molar-refractivity contribution < 1.29 is 9.59 Å². The molecule has 2 atom stereocenters. The van der Waals surface area contributed by atoms with Crippen LogP contribution in [-0.2, 0) is 15.0 Å². The zero-order valence-corrected chi connectivity index (χ0v) is 12.6. The van der Waals surface area contributed by atoms with E-state index in [0.29, 0.717) is 12.8 Å². The monoisotopic (exact) mass is 293 g/mol. The average molecular weight is 293 g/mol. The molecule has 1 aliphatic carbocycles. The van der Waals surface area contributed by atoms with Crippen molar-refractivity contribution in [1.29, 1.82) is 0 Å². The van der Waals surface area contributed by atoms with E-state index >= 15 is 0 Å². The highest BCUT2D eigenvalue weighted by molar-refractivity contribution is 6.05. The maximum Gasteiger partial charge on any atom is 0.235 e. The van der Waals surface area contributed by atoms with Gasteiger partial charge in [0.15, 0.2) is 0 Å². The molecule has 22 heavy (non-hydrogen) atoms. The minimum absolute atomic E-state index is 0.0942. The van der Waals surface area contributed by atoms with Crippen molar-refractivity contribution in [2.75, 3.05) is 5.32 Å². The molecule has 0 bridgehead atoms. The van der Waals surface area contributed by atoms with Gasteiger partial charge >= 0.3 is 0 Å². The van der Waals surface area contributed by atoms with Crippen LogP contribution in [0.1, 0.15) is 25.3 Å². The molecule has 1 N–H and O–H groups in total. The summed E-state index contributed by atoms with van der Waals surface area (Å²) >= 11 is 0. The van der Waals surface area contributed by atoms with Gasteiger partial charge in [-0.05, 0) is 24.1 Å². The zero-order valence-electron chi connectivity index (χ0n) is 12.6. The summed E-state index contributed by atoms with van der Waals surface area (Å²) in [5, 5.41) is 2.98. The third-order valence-corrected chi connectivity index (χ3v) is 4.71. The van der Waals surface area contributed by atoms with Gasteiger partial charge in [-0.25, -0.2) is 0 Å². The van der Waals surface area contributed by atoms with Gasteiger partial charge in [0.25, 0.3) is 0 Å². The summed E-state index contributed by atoms with van der Waals surface area (Å²) in [6.45, 7) is 1.87. The van der Waals surface area contributed by atoms with Gasteiger partial charge in [0.1, 0.15) is 5.78 Å². The van der Waals surface area contributed by atoms with Crippen LogP contribution in [0.15, 0.2) is 60.7 Å². The summed E-state index contributed by atoms with van der Waals surface area (Å²) in [5.41, 5.74) is 0.907. The SMILES string of the molecule is C[C@H]1C(=O)CC[C@]1(C(=O)Nc1ccccc1)c1ccccc1. The summed E-state index contributed by atoms with van der Waals surface area (Å²) in [7, 11) is 0. The van der Waals surface area contributed by atoms with Crippen molar-refractivity contribution in [2.45, 2.75) is 25.2 Å². The third kappa shape index (κ3) is 2.33. The Morgan fingerprint density at radius 2 is 1.64 bits per heavy atom. The normalized spacial score (nSPS) is 24.2. The minimum atomic E-state index is -0.770. The number of rotatable bonds is 3. The number of carbonyl (C=O) groups is 2. The number of nitrogens with one attached hydrogen (secondary N) is 1. The maximum absolute atomic E-state index is 13.0. The van der Waals surface area contributed by atoms with Gasteiger partial charge in [0, 0.05) is 18.0 Å². The van der Waals surface area contributed by atoms with Crippen molar-refractivity contribution in [3.63, 3.8) is 0 Å². The Morgan fingerprint density at radius 3 is 2.18 bits per heavy atom. The average Bonchev–Trinajstić information content (AvgIpc) is 2.86. The van der Waals surface area contributed by atoms with Gasteiger partial charge in [0.2, 0.25) is 5.91 Å². The van der Waals surface area contributed by atoms with Crippen LogP contribution in [0.25, 0.3) is 0 Å². The van der Waals surface area contributed by atoms with E-state index in [1.54, 1.807) is 0 Å². The van der Waals surface area contributed by atoms with Crippen LogP contribution in [0.3, 0.4) is 0 Å². The summed E-state index contributed by atoms with van der Waals surface area (Å²) in [6.07, 6.45) is 1.02. The van der Waals surface area contributed by atoms with Gasteiger partial charge in [-0.2, -0.15) is 0 Å². The molecule has 0 aliphatic heterocycles. The second-order valence-electron chi connectivity index (χ2n) is 5.85. The van der Waals surface area contributed by atoms with Gasteiger partial charge in [-0.15, -0.1) is 0 Å². The number of benzene rings is 2. The summed E-state index contributed by atoms with van der Waals surface area (Å²) in [5.74, 6) is -0.242. The first-order valence-electron chi connectivity index (χ1n) is 7.59. The Kier molecular flexibility index (Phi) is 3.80. The van der Waals surface area contributed by atoms with Crippen molar-refractivity contribution in [3.05, 3.63) is 66.2 Å². The molecule has 1 fully saturated rings. The first-order valence-corrected chi connectivity index (χ1v) is 7.59. The van der Waals surface area contributed by atoms with Crippen LogP contribution in [0, 0.1) is 5.92 Å². The molecule has 0 spiro atoms. The molecule has 1 saturated carbocycles. The molecule has 1 amide bonds. The molecule has 2 aromatic carbocycles. The highest BCUT2D eigenvalue weighted by Gasteiger charge is 2.52. The summed E-state index contributed by atoms with van der Waals surface area (Å²) in [4.78, 5) is 25.2. The van der Waals surface area contributed by atoms with E-state index in [4.69, 9.17) is 0 Å². The molecule has 0 heterocycles. The predicted octanol–water partition coefficient (Wildman–Crippen LogP) is 3.56. The van der Waals surface area contributed by atoms with E-state index in [-0.39, 0.29) is 17.6 Å². The van der Waals surface area contributed by atoms with Crippen LogP contribution in [0.2, 0.25) is 0 Å². The molecule has 3 rings (SSSR count). The fourth-order valence-corrected chi connectivity index (χ4v) is 3.36. The van der Waals surface area contributed by atoms with Gasteiger partial charge < -0.3 is 5.32 Å². The van der Waals surface area contributed by atoms with E-state index in [0.717, 1.165) is 11.3 Å². The number of carbonyl (C=O) groups excluding carboxylic acids is 2. The number of Topliss-reactive ketones (excluding diaryl/α,β-unsaturated/α-hetero) is 1. The van der Waals surface area contributed by atoms with Crippen LogP contribution < -0.4 is 5.32 Å². The third-order valence-electron chi connectivity index (χ3n) is 4.71. The molecule has 112 valence electrons. The standard InChI is InChI=1S/C19H19NO2/c1-14-17(21)12-13-19(14,15-8-4-2-5-9-15)18(22)20-16-10-6-3-7-11-16/h2-11,14H,12-13H2,1H3,(H,20,22)/t14-,19+/m0/s1. The Labute approximate surface area is 130 Å². The van der Waals surface area contributed by atoms with Crippen LogP contribution in [-0.4, -0.2) is 11.7 Å². The number of hydrogen-bond donors (Lipinski definition) is 1. The smallest absolute Gasteiger partial charge is 0.235 e. The van der Waals surface area contributed by atoms with E-state index in [1.807, 2.05) is 67.6 Å². The van der Waals surface area contributed by atoms with Crippen molar-refractivity contribution in [2.24, 2.45) is 5.92 Å². The van der Waals surface area contributed by atoms with E-state index in [2.05, 4.69) is 5.32 Å². The molecular formula is C19H19NO2. The second kappa shape index (κ2) is 5.76. The molecule has 0 saturated heterocycles. The molecule has 2 aromatic rings. The fraction of sp³-hybridized carbons (Fsp3) is 0.263. The van der Waals surface area contributed by atoms with Crippen LogP contribution in [0.5, 0.6) is 0 Å². The topological polar surface area (TPSA) is 46.2 Å². The molecule has 0 radical (unpaired) electrons. The first kappa shape index (κ1) is 14.5. The number of anilines is 1. The highest BCUT2D eigenvalue weighted by Crippen LogP contribution is 2.44. The maximum atomic E-state index is 13.0. The fourth-order valence-electron chi connectivity index (χ4n) is 3.36. The van der Waals surface area contributed by atoms with Crippen molar-refractivity contribution >= 4 is 17.4 Å². The molecule has 1 aliphatic rings. The molecule has 0 aromatic heterocycles.